The Hall–Kier alpha value is -1.74. The Morgan fingerprint density at radius 2 is 2.25 bits per heavy atom. The van der Waals surface area contributed by atoms with Crippen molar-refractivity contribution >= 4 is 22.5 Å². The number of hydrogen-bond donors (Lipinski definition) is 1. The lowest BCUT2D eigenvalue weighted by molar-refractivity contribution is 0.535. The van der Waals surface area contributed by atoms with Crippen LogP contribution in [0.2, 0.25) is 5.02 Å². The Kier molecular flexibility index (Phi) is 2.01. The summed E-state index contributed by atoms with van der Waals surface area (Å²) in [5.41, 5.74) is 2.02. The monoisotopic (exact) mass is 232 g/mol. The fourth-order valence-electron chi connectivity index (χ4n) is 1.78. The van der Waals surface area contributed by atoms with Crippen molar-refractivity contribution in [2.75, 3.05) is 0 Å². The molecule has 3 aromatic rings. The van der Waals surface area contributed by atoms with Gasteiger partial charge in [-0.15, -0.1) is 0 Å². The highest BCUT2D eigenvalue weighted by Gasteiger charge is 2.10. The van der Waals surface area contributed by atoms with Gasteiger partial charge >= 0.3 is 0 Å². The Morgan fingerprint density at radius 3 is 3.00 bits per heavy atom. The highest BCUT2D eigenvalue weighted by atomic mass is 35.5. The van der Waals surface area contributed by atoms with Gasteiger partial charge < -0.3 is 9.40 Å². The van der Waals surface area contributed by atoms with Crippen molar-refractivity contribution in [2.24, 2.45) is 0 Å². The highest BCUT2D eigenvalue weighted by molar-refractivity contribution is 6.31. The predicted octanol–water partition coefficient (Wildman–Crippen LogP) is 3.78. The summed E-state index contributed by atoms with van der Waals surface area (Å²) in [6.45, 7) is 1.82. The molecule has 0 spiro atoms. The smallest absolute Gasteiger partial charge is 0.191 e. The van der Waals surface area contributed by atoms with E-state index in [-0.39, 0.29) is 0 Å². The molecule has 0 aliphatic carbocycles. The van der Waals surface area contributed by atoms with Crippen molar-refractivity contribution in [1.29, 1.82) is 0 Å². The van der Waals surface area contributed by atoms with Crippen molar-refractivity contribution in [1.82, 2.24) is 9.97 Å². The second-order valence-corrected chi connectivity index (χ2v) is 4.07. The van der Waals surface area contributed by atoms with E-state index in [9.17, 15) is 0 Å². The molecule has 0 aliphatic heterocycles. The minimum Gasteiger partial charge on any atom is -0.441 e. The molecule has 1 N–H and O–H groups in total. The average molecular weight is 233 g/mol. The third kappa shape index (κ3) is 1.41. The number of fused-ring (bicyclic) bond motifs is 1. The van der Waals surface area contributed by atoms with Gasteiger partial charge in [-0.3, -0.25) is 0 Å². The van der Waals surface area contributed by atoms with Crippen molar-refractivity contribution in [3.05, 3.63) is 41.5 Å². The Morgan fingerprint density at radius 1 is 1.38 bits per heavy atom. The first-order valence-electron chi connectivity index (χ1n) is 4.93. The van der Waals surface area contributed by atoms with Gasteiger partial charge in [0.2, 0.25) is 0 Å². The standard InChI is InChI=1S/C12H9ClN2O/c1-7-14-6-12(16-7)10-5-15-11-3-2-8(13)4-9(10)11/h2-6,15H,1H3. The first-order chi connectivity index (χ1) is 7.74. The minimum atomic E-state index is 0.659. The summed E-state index contributed by atoms with van der Waals surface area (Å²) in [5.74, 6) is 1.41. The maximum absolute atomic E-state index is 5.98. The van der Waals surface area contributed by atoms with Crippen LogP contribution in [0.15, 0.2) is 35.0 Å². The summed E-state index contributed by atoms with van der Waals surface area (Å²) in [7, 11) is 0. The SMILES string of the molecule is Cc1ncc(-c2c[nH]c3ccc(Cl)cc23)o1. The van der Waals surface area contributed by atoms with E-state index in [0.29, 0.717) is 10.9 Å². The Labute approximate surface area is 97.1 Å². The summed E-state index contributed by atoms with van der Waals surface area (Å²) in [5, 5.41) is 1.76. The van der Waals surface area contributed by atoms with Crippen molar-refractivity contribution < 1.29 is 4.42 Å². The van der Waals surface area contributed by atoms with Gasteiger partial charge in [-0.2, -0.15) is 0 Å². The van der Waals surface area contributed by atoms with E-state index in [4.69, 9.17) is 16.0 Å². The van der Waals surface area contributed by atoms with Gasteiger partial charge in [-0.25, -0.2) is 4.98 Å². The second kappa shape index (κ2) is 3.39. The lowest BCUT2D eigenvalue weighted by Gasteiger charge is -1.94. The molecule has 0 atom stereocenters. The number of H-pyrrole nitrogens is 1. The number of oxazole rings is 1. The first kappa shape index (κ1) is 9.48. The summed E-state index contributed by atoms with van der Waals surface area (Å²) in [6.07, 6.45) is 3.62. The average Bonchev–Trinajstić information content (AvgIpc) is 2.83. The number of nitrogens with zero attached hydrogens (tertiary/aromatic N) is 1. The van der Waals surface area contributed by atoms with Gasteiger partial charge in [0.15, 0.2) is 11.7 Å². The van der Waals surface area contributed by atoms with E-state index < -0.39 is 0 Å². The molecule has 0 amide bonds. The molecule has 3 nitrogen and oxygen atoms in total. The summed E-state index contributed by atoms with van der Waals surface area (Å²) in [6, 6.07) is 5.72. The molecule has 0 fully saturated rings. The van der Waals surface area contributed by atoms with Crippen LogP contribution >= 0.6 is 11.6 Å². The number of rotatable bonds is 1. The topological polar surface area (TPSA) is 41.8 Å². The van der Waals surface area contributed by atoms with Gasteiger partial charge in [0, 0.05) is 34.6 Å². The highest BCUT2D eigenvalue weighted by Crippen LogP contribution is 2.30. The summed E-state index contributed by atoms with van der Waals surface area (Å²) < 4.78 is 5.50. The third-order valence-electron chi connectivity index (χ3n) is 2.53. The molecule has 0 aliphatic rings. The zero-order valence-electron chi connectivity index (χ0n) is 8.62. The molecule has 2 heterocycles. The number of hydrogen-bond acceptors (Lipinski definition) is 2. The van der Waals surface area contributed by atoms with Crippen LogP contribution in [0.25, 0.3) is 22.2 Å². The number of nitrogens with one attached hydrogen (secondary N) is 1. The predicted molar refractivity (Wildman–Crippen MR) is 63.5 cm³/mol. The summed E-state index contributed by atoms with van der Waals surface area (Å²) in [4.78, 5) is 7.26. The molecule has 0 saturated heterocycles. The molecule has 16 heavy (non-hydrogen) atoms. The van der Waals surface area contributed by atoms with Gasteiger partial charge in [-0.05, 0) is 18.2 Å². The molecule has 80 valence electrons. The van der Waals surface area contributed by atoms with Crippen molar-refractivity contribution in [3.63, 3.8) is 0 Å². The van der Waals surface area contributed by atoms with Crippen molar-refractivity contribution in [3.8, 4) is 11.3 Å². The van der Waals surface area contributed by atoms with E-state index in [1.807, 2.05) is 31.3 Å². The van der Waals surface area contributed by atoms with Crippen LogP contribution in [-0.4, -0.2) is 9.97 Å². The normalized spacial score (nSPS) is 11.1. The molecule has 1 aromatic carbocycles. The lowest BCUT2D eigenvalue weighted by atomic mass is 10.1. The van der Waals surface area contributed by atoms with E-state index in [1.165, 1.54) is 0 Å². The first-order valence-corrected chi connectivity index (χ1v) is 5.31. The second-order valence-electron chi connectivity index (χ2n) is 3.64. The Balaban J connectivity index is 2.27. The van der Waals surface area contributed by atoms with Crippen molar-refractivity contribution in [2.45, 2.75) is 6.92 Å². The van der Waals surface area contributed by atoms with Crippen LogP contribution in [0.3, 0.4) is 0 Å². The van der Waals surface area contributed by atoms with E-state index in [1.54, 1.807) is 6.20 Å². The quantitative estimate of drug-likeness (QED) is 0.694. The van der Waals surface area contributed by atoms with E-state index in [2.05, 4.69) is 9.97 Å². The maximum Gasteiger partial charge on any atom is 0.191 e. The van der Waals surface area contributed by atoms with Gasteiger partial charge in [0.1, 0.15) is 0 Å². The maximum atomic E-state index is 5.98. The molecule has 2 aromatic heterocycles. The van der Waals surface area contributed by atoms with Crippen LogP contribution in [0, 0.1) is 6.92 Å². The van der Waals surface area contributed by atoms with Crippen LogP contribution < -0.4 is 0 Å². The zero-order chi connectivity index (χ0) is 11.1. The Bertz CT molecular complexity index is 654. The van der Waals surface area contributed by atoms with E-state index in [0.717, 1.165) is 22.2 Å². The van der Waals surface area contributed by atoms with Crippen LogP contribution in [0.1, 0.15) is 5.89 Å². The molecule has 0 bridgehead atoms. The minimum absolute atomic E-state index is 0.659. The molecule has 3 rings (SSSR count). The number of halogens is 1. The van der Waals surface area contributed by atoms with E-state index >= 15 is 0 Å². The number of aryl methyl sites for hydroxylation is 1. The number of benzene rings is 1. The number of aromatic amines is 1. The molecule has 0 saturated carbocycles. The molecular formula is C12H9ClN2O. The molecule has 0 unspecified atom stereocenters. The molecule has 0 radical (unpaired) electrons. The van der Waals surface area contributed by atoms with Gasteiger partial charge in [0.05, 0.1) is 6.20 Å². The molecular weight excluding hydrogens is 224 g/mol. The van der Waals surface area contributed by atoms with Gasteiger partial charge in [-0.1, -0.05) is 11.6 Å². The van der Waals surface area contributed by atoms with Crippen LogP contribution in [0.4, 0.5) is 0 Å². The van der Waals surface area contributed by atoms with Crippen LogP contribution in [-0.2, 0) is 0 Å². The van der Waals surface area contributed by atoms with Gasteiger partial charge in [0.25, 0.3) is 0 Å². The lowest BCUT2D eigenvalue weighted by Crippen LogP contribution is -1.71. The zero-order valence-corrected chi connectivity index (χ0v) is 9.38. The van der Waals surface area contributed by atoms with Crippen LogP contribution in [0.5, 0.6) is 0 Å². The third-order valence-corrected chi connectivity index (χ3v) is 2.77. The molecule has 4 heteroatoms. The number of aromatic nitrogens is 2. The summed E-state index contributed by atoms with van der Waals surface area (Å²) >= 11 is 5.98. The fourth-order valence-corrected chi connectivity index (χ4v) is 1.95. The largest absolute Gasteiger partial charge is 0.441 e. The fraction of sp³-hybridized carbons (Fsp3) is 0.0833.